The lowest BCUT2D eigenvalue weighted by Gasteiger charge is -2.28. The first-order valence-electron chi connectivity index (χ1n) is 29.6. The lowest BCUT2D eigenvalue weighted by Crippen LogP contribution is -2.11. The van der Waals surface area contributed by atoms with E-state index in [1.54, 1.807) is 0 Å². The van der Waals surface area contributed by atoms with E-state index >= 15 is 0 Å². The topological polar surface area (TPSA) is 9.72 Å². The van der Waals surface area contributed by atoms with Gasteiger partial charge in [0.1, 0.15) is 0 Å². The molecule has 0 aliphatic heterocycles. The number of benzene rings is 15. The molecule has 0 unspecified atom stereocenters. The minimum atomic E-state index is 1.15. The summed E-state index contributed by atoms with van der Waals surface area (Å²) in [7, 11) is 0. The van der Waals surface area contributed by atoms with Crippen LogP contribution in [0, 0.1) is 20.8 Å². The van der Waals surface area contributed by atoms with Gasteiger partial charge in [-0.3, -0.25) is 0 Å². The van der Waals surface area contributed by atoms with Crippen molar-refractivity contribution in [2.45, 2.75) is 20.8 Å². The minimum absolute atomic E-state index is 1.15. The van der Waals surface area contributed by atoms with Crippen LogP contribution in [0.3, 0.4) is 0 Å². The van der Waals surface area contributed by atoms with Crippen LogP contribution in [0.1, 0.15) is 16.7 Å². The fraction of sp³-hybridized carbons (Fsp3) is 0.0361. The minimum Gasteiger partial charge on any atom is -0.310 e. The molecule has 0 bridgehead atoms. The van der Waals surface area contributed by atoms with Crippen LogP contribution in [0.25, 0.3) is 65.0 Å². The van der Waals surface area contributed by atoms with E-state index in [-0.39, 0.29) is 0 Å². The average Bonchev–Trinajstić information content (AvgIpc) is 3.11. The third kappa shape index (κ3) is 11.7. The number of rotatable bonds is 10. The van der Waals surface area contributed by atoms with E-state index in [1.807, 2.05) is 0 Å². The zero-order valence-electron chi connectivity index (χ0n) is 48.7. The molecule has 0 N–H and O–H groups in total. The van der Waals surface area contributed by atoms with Crippen molar-refractivity contribution in [3.05, 3.63) is 356 Å². The number of hydrogen-bond acceptors (Lipinski definition) is 3. The SMILES string of the molecule is Cc1ccc(N(c2ccc(-c3ccccc3)cc2)c2cccc3ccccc23)cc1.Cc1ccc(N(c2ccc3ccccc3c2)c2ccc3ccccc3c2)cc1.Cc1ccc(N(c2cccc3ccccc23)c2cccc3ccccc23)cc1. The highest BCUT2D eigenvalue weighted by Gasteiger charge is 2.19. The third-order valence-electron chi connectivity index (χ3n) is 16.1. The first kappa shape index (κ1) is 54.3. The van der Waals surface area contributed by atoms with Crippen LogP contribution < -0.4 is 14.7 Å². The normalized spacial score (nSPS) is 11.0. The Morgan fingerprint density at radius 1 is 0.174 bits per heavy atom. The first-order valence-corrected chi connectivity index (χ1v) is 29.6. The van der Waals surface area contributed by atoms with E-state index in [9.17, 15) is 0 Å². The summed E-state index contributed by atoms with van der Waals surface area (Å²) >= 11 is 0. The van der Waals surface area contributed by atoms with Gasteiger partial charge in [0, 0.05) is 50.3 Å². The molecule has 0 spiro atoms. The van der Waals surface area contributed by atoms with Crippen molar-refractivity contribution in [3.8, 4) is 11.1 Å². The summed E-state index contributed by atoms with van der Waals surface area (Å²) < 4.78 is 0. The van der Waals surface area contributed by atoms with Crippen molar-refractivity contribution in [2.75, 3.05) is 14.7 Å². The Morgan fingerprint density at radius 3 is 0.860 bits per heavy atom. The van der Waals surface area contributed by atoms with Gasteiger partial charge in [-0.15, -0.1) is 0 Å². The van der Waals surface area contributed by atoms with Crippen molar-refractivity contribution in [1.82, 2.24) is 0 Å². The molecule has 0 heterocycles. The molecule has 86 heavy (non-hydrogen) atoms. The van der Waals surface area contributed by atoms with Gasteiger partial charge in [0.2, 0.25) is 0 Å². The Morgan fingerprint density at radius 2 is 0.453 bits per heavy atom. The van der Waals surface area contributed by atoms with Crippen molar-refractivity contribution in [2.24, 2.45) is 0 Å². The Kier molecular flexibility index (Phi) is 15.7. The molecule has 0 aliphatic carbocycles. The fourth-order valence-corrected chi connectivity index (χ4v) is 11.6. The van der Waals surface area contributed by atoms with Crippen molar-refractivity contribution in [3.63, 3.8) is 0 Å². The fourth-order valence-electron chi connectivity index (χ4n) is 11.6. The molecule has 3 heteroatoms. The number of aryl methyl sites for hydroxylation is 3. The zero-order chi connectivity index (χ0) is 58.2. The first-order chi connectivity index (χ1) is 42.4. The van der Waals surface area contributed by atoms with Crippen LogP contribution in [0.15, 0.2) is 340 Å². The predicted octanol–water partition coefficient (Wildman–Crippen LogP) is 23.8. The summed E-state index contributed by atoms with van der Waals surface area (Å²) in [6.07, 6.45) is 0. The summed E-state index contributed by atoms with van der Waals surface area (Å²) in [5.74, 6) is 0. The van der Waals surface area contributed by atoms with Gasteiger partial charge in [-0.05, 0) is 161 Å². The molecule has 0 atom stereocenters. The van der Waals surface area contributed by atoms with Gasteiger partial charge in [-0.1, -0.05) is 265 Å². The van der Waals surface area contributed by atoms with Crippen LogP contribution >= 0.6 is 0 Å². The second-order valence-electron chi connectivity index (χ2n) is 22.0. The molecule has 0 fully saturated rings. The number of anilines is 9. The molecule has 15 aromatic rings. The second kappa shape index (κ2) is 24.8. The Hall–Kier alpha value is -11.0. The van der Waals surface area contributed by atoms with Crippen molar-refractivity contribution in [1.29, 1.82) is 0 Å². The van der Waals surface area contributed by atoms with Crippen LogP contribution in [-0.4, -0.2) is 0 Å². The van der Waals surface area contributed by atoms with Gasteiger partial charge >= 0.3 is 0 Å². The molecule has 15 rings (SSSR count). The van der Waals surface area contributed by atoms with Gasteiger partial charge in [-0.2, -0.15) is 0 Å². The van der Waals surface area contributed by atoms with Crippen molar-refractivity contribution < 1.29 is 0 Å². The molecular formula is C83H65N3. The maximum atomic E-state index is 2.38. The molecule has 412 valence electrons. The summed E-state index contributed by atoms with van der Waals surface area (Å²) in [5.41, 5.74) is 16.8. The molecule has 15 aromatic carbocycles. The van der Waals surface area contributed by atoms with E-state index in [0.29, 0.717) is 0 Å². The third-order valence-corrected chi connectivity index (χ3v) is 16.1. The molecule has 0 radical (unpaired) electrons. The molecule has 0 aromatic heterocycles. The van der Waals surface area contributed by atoms with Gasteiger partial charge in [0.15, 0.2) is 0 Å². The van der Waals surface area contributed by atoms with E-state index < -0.39 is 0 Å². The maximum absolute atomic E-state index is 2.38. The highest BCUT2D eigenvalue weighted by molar-refractivity contribution is 6.05. The summed E-state index contributed by atoms with van der Waals surface area (Å²) in [6, 6.07) is 121. The van der Waals surface area contributed by atoms with Crippen LogP contribution in [0.2, 0.25) is 0 Å². The number of fused-ring (bicyclic) bond motifs is 5. The smallest absolute Gasteiger partial charge is 0.0540 e. The predicted molar refractivity (Wildman–Crippen MR) is 371 cm³/mol. The molecule has 0 saturated carbocycles. The van der Waals surface area contributed by atoms with E-state index in [0.717, 1.165) is 28.4 Å². The average molecular weight is 1100 g/mol. The van der Waals surface area contributed by atoms with E-state index in [2.05, 4.69) is 375 Å². The Bertz CT molecular complexity index is 4610. The zero-order valence-corrected chi connectivity index (χ0v) is 48.7. The maximum Gasteiger partial charge on any atom is 0.0540 e. The Balaban J connectivity index is 0.000000120. The quantitative estimate of drug-likeness (QED) is 0.135. The standard InChI is InChI=1S/C29H23N.2C27H21N/c1-22-14-18-26(19-15-22)30(29-13-7-11-25-10-5-6-12-28(25)29)27-20-16-24(17-21-27)23-8-3-2-4-9-23;1-20-16-18-23(19-17-20)28(26-14-6-10-21-8-2-4-12-24(21)26)27-15-7-11-22-9-3-5-13-25(22)27;1-20-10-14-25(15-11-20)28(26-16-12-21-6-2-4-8-23(21)18-26)27-17-13-22-7-3-5-9-24(22)19-27/h2-21H,1H3;2*2-19H,1H3. The van der Waals surface area contributed by atoms with Gasteiger partial charge in [-0.25, -0.2) is 0 Å². The van der Waals surface area contributed by atoms with Gasteiger partial charge in [0.25, 0.3) is 0 Å². The second-order valence-corrected chi connectivity index (χ2v) is 22.0. The molecule has 3 nitrogen and oxygen atoms in total. The molecule has 0 saturated heterocycles. The molecular weight excluding hydrogens is 1040 g/mol. The summed E-state index contributed by atoms with van der Waals surface area (Å²) in [4.78, 5) is 7.05. The van der Waals surface area contributed by atoms with Crippen molar-refractivity contribution >= 4 is 105 Å². The van der Waals surface area contributed by atoms with E-state index in [4.69, 9.17) is 0 Å². The van der Waals surface area contributed by atoms with Crippen LogP contribution in [-0.2, 0) is 0 Å². The Labute approximate surface area is 505 Å². The number of nitrogens with zero attached hydrogens (tertiary/aromatic N) is 3. The van der Waals surface area contributed by atoms with E-state index in [1.165, 1.54) is 104 Å². The molecule has 0 aliphatic rings. The lowest BCUT2D eigenvalue weighted by atomic mass is 10.0. The van der Waals surface area contributed by atoms with Gasteiger partial charge in [0.05, 0.1) is 17.1 Å². The monoisotopic (exact) mass is 1100 g/mol. The summed E-state index contributed by atoms with van der Waals surface area (Å²) in [5, 5.41) is 12.5. The number of hydrogen-bond donors (Lipinski definition) is 0. The largest absolute Gasteiger partial charge is 0.310 e. The summed E-state index contributed by atoms with van der Waals surface area (Å²) in [6.45, 7) is 6.38. The van der Waals surface area contributed by atoms with Crippen LogP contribution in [0.4, 0.5) is 51.2 Å². The lowest BCUT2D eigenvalue weighted by molar-refractivity contribution is 1.28. The van der Waals surface area contributed by atoms with Crippen LogP contribution in [0.5, 0.6) is 0 Å². The highest BCUT2D eigenvalue weighted by Crippen LogP contribution is 2.44. The molecule has 0 amide bonds. The highest BCUT2D eigenvalue weighted by atomic mass is 15.2. The van der Waals surface area contributed by atoms with Gasteiger partial charge < -0.3 is 14.7 Å².